The van der Waals surface area contributed by atoms with E-state index in [1.165, 1.54) is 135 Å². The average Bonchev–Trinajstić information content (AvgIpc) is 2.87. The number of carbonyl (C=O) groups excluding carboxylic acids is 1. The monoisotopic (exact) mass is 484 g/mol. The molecule has 0 saturated carbocycles. The molecule has 0 radical (unpaired) electrons. The Balaban J connectivity index is 1.71. The van der Waals surface area contributed by atoms with Gasteiger partial charge in [0.05, 0.1) is 0 Å². The van der Waals surface area contributed by atoms with Crippen molar-refractivity contribution in [3.05, 3.63) is 42.5 Å². The van der Waals surface area contributed by atoms with Crippen molar-refractivity contribution in [2.75, 3.05) is 0 Å². The van der Waals surface area contributed by atoms with E-state index >= 15 is 0 Å². The highest BCUT2D eigenvalue weighted by molar-refractivity contribution is 5.83. The lowest BCUT2D eigenvalue weighted by molar-refractivity contribution is -0.129. The second kappa shape index (κ2) is 25.5. The van der Waals surface area contributed by atoms with Crippen molar-refractivity contribution in [2.45, 2.75) is 155 Å². The van der Waals surface area contributed by atoms with Crippen LogP contribution in [0.5, 0.6) is 5.75 Å². The Morgan fingerprint density at radius 3 is 1.34 bits per heavy atom. The van der Waals surface area contributed by atoms with E-state index in [1.807, 2.05) is 24.3 Å². The summed E-state index contributed by atoms with van der Waals surface area (Å²) in [5.74, 6) is 0.321. The number of ether oxygens (including phenoxy) is 1. The molecule has 2 nitrogen and oxygen atoms in total. The minimum Gasteiger partial charge on any atom is -0.423 e. The van der Waals surface area contributed by atoms with E-state index in [9.17, 15) is 4.79 Å². The van der Waals surface area contributed by atoms with Crippen LogP contribution < -0.4 is 4.74 Å². The molecule has 0 heterocycles. The summed E-state index contributed by atoms with van der Waals surface area (Å²) in [6.45, 7) is 2.29. The predicted octanol–water partition coefficient (Wildman–Crippen LogP) is 11.1. The molecule has 0 aliphatic rings. The maximum Gasteiger partial charge on any atom is 0.335 e. The maximum absolute atomic E-state index is 11.7. The zero-order valence-electron chi connectivity index (χ0n) is 23.1. The quantitative estimate of drug-likeness (QED) is 0.0597. The Morgan fingerprint density at radius 1 is 0.571 bits per heavy atom. The number of benzene rings is 1. The standard InChI is InChI=1S/C33H56O2/c1-2-3-4-5-6-7-8-9-10-11-12-13-14-15-16-17-18-19-20-21-22-23-24-28-31-33(34)35-32-29-26-25-27-30-32/h25-31H,2-24H2,1H3/b31-28+. The fraction of sp³-hybridized carbons (Fsp3) is 0.727. The lowest BCUT2D eigenvalue weighted by Crippen LogP contribution is -2.03. The molecule has 0 aromatic heterocycles. The number of esters is 1. The number of hydrogen-bond donors (Lipinski definition) is 0. The van der Waals surface area contributed by atoms with Gasteiger partial charge in [-0.1, -0.05) is 166 Å². The van der Waals surface area contributed by atoms with Crippen molar-refractivity contribution >= 4 is 5.97 Å². The zero-order valence-corrected chi connectivity index (χ0v) is 23.1. The molecule has 1 aromatic rings. The van der Waals surface area contributed by atoms with Gasteiger partial charge in [-0.15, -0.1) is 0 Å². The van der Waals surface area contributed by atoms with E-state index in [1.54, 1.807) is 18.2 Å². The number of para-hydroxylation sites is 1. The molecule has 35 heavy (non-hydrogen) atoms. The maximum atomic E-state index is 11.7. The minimum atomic E-state index is -0.282. The summed E-state index contributed by atoms with van der Waals surface area (Å²) >= 11 is 0. The Bertz CT molecular complexity index is 592. The highest BCUT2D eigenvalue weighted by atomic mass is 16.5. The van der Waals surface area contributed by atoms with Crippen LogP contribution in [0.1, 0.15) is 155 Å². The van der Waals surface area contributed by atoms with Crippen LogP contribution in [0.25, 0.3) is 0 Å². The number of rotatable bonds is 25. The molecule has 0 atom stereocenters. The third-order valence-electron chi connectivity index (χ3n) is 6.94. The van der Waals surface area contributed by atoms with Crippen molar-refractivity contribution in [3.63, 3.8) is 0 Å². The van der Waals surface area contributed by atoms with Gasteiger partial charge in [0.25, 0.3) is 0 Å². The van der Waals surface area contributed by atoms with E-state index < -0.39 is 0 Å². The van der Waals surface area contributed by atoms with Crippen LogP contribution >= 0.6 is 0 Å². The summed E-state index contributed by atoms with van der Waals surface area (Å²) in [4.78, 5) is 11.7. The highest BCUT2D eigenvalue weighted by Crippen LogP contribution is 2.15. The first kappa shape index (κ1) is 31.5. The van der Waals surface area contributed by atoms with E-state index in [-0.39, 0.29) is 5.97 Å². The van der Waals surface area contributed by atoms with Gasteiger partial charge >= 0.3 is 5.97 Å². The van der Waals surface area contributed by atoms with Gasteiger partial charge in [-0.25, -0.2) is 4.79 Å². The van der Waals surface area contributed by atoms with Gasteiger partial charge in [0.1, 0.15) is 5.75 Å². The Kier molecular flexibility index (Phi) is 22.9. The first-order chi connectivity index (χ1) is 17.3. The molecule has 0 unspecified atom stereocenters. The van der Waals surface area contributed by atoms with E-state index in [2.05, 4.69) is 6.92 Å². The molecule has 0 spiro atoms. The van der Waals surface area contributed by atoms with Crippen LogP contribution in [0, 0.1) is 0 Å². The molecule has 1 aromatic carbocycles. The molecule has 0 N–H and O–H groups in total. The van der Waals surface area contributed by atoms with Crippen LogP contribution in [0.4, 0.5) is 0 Å². The predicted molar refractivity (Wildman–Crippen MR) is 153 cm³/mol. The van der Waals surface area contributed by atoms with Crippen LogP contribution in [0.15, 0.2) is 42.5 Å². The normalized spacial score (nSPS) is 11.3. The Morgan fingerprint density at radius 2 is 0.943 bits per heavy atom. The van der Waals surface area contributed by atoms with E-state index in [0.29, 0.717) is 5.75 Å². The van der Waals surface area contributed by atoms with Gasteiger partial charge in [-0.2, -0.15) is 0 Å². The highest BCUT2D eigenvalue weighted by Gasteiger charge is 1.99. The number of allylic oxidation sites excluding steroid dienone is 1. The molecule has 0 fully saturated rings. The summed E-state index contributed by atoms with van der Waals surface area (Å²) < 4.78 is 5.24. The second-order valence-electron chi connectivity index (χ2n) is 10.3. The largest absolute Gasteiger partial charge is 0.423 e. The fourth-order valence-electron chi connectivity index (χ4n) is 4.69. The molecule has 200 valence electrons. The van der Waals surface area contributed by atoms with Crippen LogP contribution in [0.3, 0.4) is 0 Å². The van der Waals surface area contributed by atoms with Gasteiger partial charge in [0.2, 0.25) is 0 Å². The molecule has 1 rings (SSSR count). The fourth-order valence-corrected chi connectivity index (χ4v) is 4.69. The molecular formula is C33H56O2. The minimum absolute atomic E-state index is 0.282. The van der Waals surface area contributed by atoms with Gasteiger partial charge in [0.15, 0.2) is 0 Å². The van der Waals surface area contributed by atoms with E-state index in [0.717, 1.165) is 12.8 Å². The third kappa shape index (κ3) is 22.6. The molecule has 0 saturated heterocycles. The van der Waals surface area contributed by atoms with Crippen molar-refractivity contribution < 1.29 is 9.53 Å². The van der Waals surface area contributed by atoms with Crippen LogP contribution in [-0.4, -0.2) is 5.97 Å². The zero-order chi connectivity index (χ0) is 25.1. The first-order valence-corrected chi connectivity index (χ1v) is 15.3. The molecule has 0 amide bonds. The lowest BCUT2D eigenvalue weighted by Gasteiger charge is -2.04. The van der Waals surface area contributed by atoms with E-state index in [4.69, 9.17) is 4.74 Å². The Hall–Kier alpha value is -1.57. The molecule has 0 bridgehead atoms. The smallest absolute Gasteiger partial charge is 0.335 e. The summed E-state index contributed by atoms with van der Waals surface area (Å²) in [7, 11) is 0. The van der Waals surface area contributed by atoms with Crippen molar-refractivity contribution in [3.8, 4) is 5.75 Å². The second-order valence-corrected chi connectivity index (χ2v) is 10.3. The molecule has 0 aliphatic carbocycles. The Labute approximate surface area is 218 Å². The molecule has 2 heteroatoms. The number of unbranched alkanes of at least 4 members (excludes halogenated alkanes) is 22. The topological polar surface area (TPSA) is 26.3 Å². The van der Waals surface area contributed by atoms with Gasteiger partial charge < -0.3 is 4.74 Å². The van der Waals surface area contributed by atoms with Gasteiger partial charge in [0, 0.05) is 6.08 Å². The van der Waals surface area contributed by atoms with Crippen molar-refractivity contribution in [1.29, 1.82) is 0 Å². The van der Waals surface area contributed by atoms with Crippen LogP contribution in [-0.2, 0) is 4.79 Å². The lowest BCUT2D eigenvalue weighted by atomic mass is 10.0. The molecular weight excluding hydrogens is 428 g/mol. The molecule has 0 aliphatic heterocycles. The summed E-state index contributed by atoms with van der Waals surface area (Å²) in [5.41, 5.74) is 0. The number of hydrogen-bond acceptors (Lipinski definition) is 2. The summed E-state index contributed by atoms with van der Waals surface area (Å²) in [6, 6.07) is 9.24. The third-order valence-corrected chi connectivity index (χ3v) is 6.94. The van der Waals surface area contributed by atoms with Crippen molar-refractivity contribution in [2.24, 2.45) is 0 Å². The number of carbonyl (C=O) groups is 1. The van der Waals surface area contributed by atoms with Crippen molar-refractivity contribution in [1.82, 2.24) is 0 Å². The van der Waals surface area contributed by atoms with Crippen LogP contribution in [0.2, 0.25) is 0 Å². The van der Waals surface area contributed by atoms with Gasteiger partial charge in [-0.05, 0) is 25.0 Å². The van der Waals surface area contributed by atoms with Gasteiger partial charge in [-0.3, -0.25) is 0 Å². The first-order valence-electron chi connectivity index (χ1n) is 15.3. The average molecular weight is 485 g/mol. The summed E-state index contributed by atoms with van der Waals surface area (Å²) in [6.07, 6.45) is 35.5. The SMILES string of the molecule is CCCCCCCCCCCCCCCCCCCCCCCC/C=C/C(=O)Oc1ccccc1. The summed E-state index contributed by atoms with van der Waals surface area (Å²) in [5, 5.41) is 0.